The first-order valence-corrected chi connectivity index (χ1v) is 7.10. The Morgan fingerprint density at radius 1 is 1.21 bits per heavy atom. The van der Waals surface area contributed by atoms with E-state index < -0.39 is 0 Å². The van der Waals surface area contributed by atoms with Crippen molar-refractivity contribution in [3.63, 3.8) is 0 Å². The zero-order valence-electron chi connectivity index (χ0n) is 12.5. The van der Waals surface area contributed by atoms with Crippen molar-refractivity contribution in [2.45, 2.75) is 33.7 Å². The summed E-state index contributed by atoms with van der Waals surface area (Å²) in [6.07, 6.45) is 0. The minimum Gasteiger partial charge on any atom is -0.314 e. The fraction of sp³-hybridized carbons (Fsp3) is 0.625. The highest BCUT2D eigenvalue weighted by Crippen LogP contribution is 2.38. The first-order chi connectivity index (χ1) is 8.89. The van der Waals surface area contributed by atoms with Crippen LogP contribution >= 0.6 is 0 Å². The van der Waals surface area contributed by atoms with Gasteiger partial charge in [0.25, 0.3) is 0 Å². The molecule has 1 aromatic carbocycles. The van der Waals surface area contributed by atoms with E-state index in [0.29, 0.717) is 0 Å². The van der Waals surface area contributed by atoms with Crippen molar-refractivity contribution in [1.82, 2.24) is 10.2 Å². The van der Waals surface area contributed by atoms with Crippen molar-refractivity contribution in [2.75, 3.05) is 26.2 Å². The van der Waals surface area contributed by atoms with Gasteiger partial charge < -0.3 is 5.32 Å². The first-order valence-electron chi connectivity index (χ1n) is 7.10. The molecular formula is C16H25FN2. The Bertz CT molecular complexity index is 431. The van der Waals surface area contributed by atoms with Crippen LogP contribution < -0.4 is 5.32 Å². The van der Waals surface area contributed by atoms with E-state index in [4.69, 9.17) is 0 Å². The van der Waals surface area contributed by atoms with Gasteiger partial charge in [0.2, 0.25) is 0 Å². The molecule has 0 aromatic heterocycles. The van der Waals surface area contributed by atoms with Gasteiger partial charge in [-0.05, 0) is 29.5 Å². The normalized spacial score (nSPS) is 19.4. The van der Waals surface area contributed by atoms with E-state index in [2.05, 4.69) is 37.1 Å². The summed E-state index contributed by atoms with van der Waals surface area (Å²) in [5.74, 6) is -0.0955. The summed E-state index contributed by atoms with van der Waals surface area (Å²) in [4.78, 5) is 2.47. The largest absolute Gasteiger partial charge is 0.314 e. The van der Waals surface area contributed by atoms with E-state index in [1.807, 2.05) is 13.0 Å². The third kappa shape index (κ3) is 3.34. The molecule has 0 amide bonds. The Hall–Kier alpha value is -0.930. The summed E-state index contributed by atoms with van der Waals surface area (Å²) in [6, 6.07) is 5.96. The van der Waals surface area contributed by atoms with Gasteiger partial charge in [0.05, 0.1) is 0 Å². The SMILES string of the molecule is Cc1ccc([C@H](N2CCNCC2)C(C)(C)C)cc1F. The molecule has 19 heavy (non-hydrogen) atoms. The molecule has 1 heterocycles. The van der Waals surface area contributed by atoms with E-state index in [-0.39, 0.29) is 17.3 Å². The third-order valence-electron chi connectivity index (χ3n) is 3.85. The van der Waals surface area contributed by atoms with Crippen molar-refractivity contribution in [1.29, 1.82) is 0 Å². The van der Waals surface area contributed by atoms with Crippen molar-refractivity contribution in [2.24, 2.45) is 5.41 Å². The van der Waals surface area contributed by atoms with Gasteiger partial charge in [-0.2, -0.15) is 0 Å². The molecule has 0 unspecified atom stereocenters. The van der Waals surface area contributed by atoms with Crippen LogP contribution in [0.3, 0.4) is 0 Å². The number of hydrogen-bond acceptors (Lipinski definition) is 2. The molecule has 0 saturated carbocycles. The molecular weight excluding hydrogens is 239 g/mol. The molecule has 1 aliphatic heterocycles. The fourth-order valence-corrected chi connectivity index (χ4v) is 2.98. The Labute approximate surface area is 116 Å². The molecule has 1 atom stereocenters. The van der Waals surface area contributed by atoms with Crippen LogP contribution in [-0.2, 0) is 0 Å². The molecule has 0 bridgehead atoms. The number of hydrogen-bond donors (Lipinski definition) is 1. The minimum absolute atomic E-state index is 0.0955. The molecule has 2 rings (SSSR count). The topological polar surface area (TPSA) is 15.3 Å². The zero-order chi connectivity index (χ0) is 14.0. The molecule has 1 fully saturated rings. The molecule has 1 N–H and O–H groups in total. The summed E-state index contributed by atoms with van der Waals surface area (Å²) < 4.78 is 13.9. The van der Waals surface area contributed by atoms with Gasteiger partial charge in [0.15, 0.2) is 0 Å². The van der Waals surface area contributed by atoms with E-state index in [1.54, 1.807) is 6.07 Å². The Kier molecular flexibility index (Phi) is 4.26. The maximum atomic E-state index is 13.9. The van der Waals surface area contributed by atoms with Gasteiger partial charge in [0, 0.05) is 32.2 Å². The van der Waals surface area contributed by atoms with Gasteiger partial charge in [-0.15, -0.1) is 0 Å². The van der Waals surface area contributed by atoms with Gasteiger partial charge >= 0.3 is 0 Å². The molecule has 0 spiro atoms. The summed E-state index contributed by atoms with van der Waals surface area (Å²) >= 11 is 0. The van der Waals surface area contributed by atoms with Crippen LogP contribution in [0.4, 0.5) is 4.39 Å². The number of nitrogens with zero attached hydrogens (tertiary/aromatic N) is 1. The monoisotopic (exact) mass is 264 g/mol. The van der Waals surface area contributed by atoms with Crippen molar-refractivity contribution < 1.29 is 4.39 Å². The van der Waals surface area contributed by atoms with Gasteiger partial charge in [-0.3, -0.25) is 4.90 Å². The average molecular weight is 264 g/mol. The maximum absolute atomic E-state index is 13.9. The molecule has 2 nitrogen and oxygen atoms in total. The highest BCUT2D eigenvalue weighted by molar-refractivity contribution is 5.27. The van der Waals surface area contributed by atoms with Crippen LogP contribution in [0.2, 0.25) is 0 Å². The van der Waals surface area contributed by atoms with Gasteiger partial charge in [0.1, 0.15) is 5.82 Å². The van der Waals surface area contributed by atoms with Crippen molar-refractivity contribution in [3.8, 4) is 0 Å². The molecule has 1 saturated heterocycles. The number of nitrogens with one attached hydrogen (secondary N) is 1. The van der Waals surface area contributed by atoms with Crippen LogP contribution in [0, 0.1) is 18.2 Å². The number of aryl methyl sites for hydroxylation is 1. The quantitative estimate of drug-likeness (QED) is 0.883. The Balaban J connectivity index is 2.33. The first kappa shape index (κ1) is 14.5. The van der Waals surface area contributed by atoms with Crippen LogP contribution in [-0.4, -0.2) is 31.1 Å². The average Bonchev–Trinajstić information content (AvgIpc) is 2.34. The van der Waals surface area contributed by atoms with Crippen LogP contribution in [0.5, 0.6) is 0 Å². The van der Waals surface area contributed by atoms with Crippen LogP contribution in [0.15, 0.2) is 18.2 Å². The molecule has 106 valence electrons. The van der Waals surface area contributed by atoms with Crippen LogP contribution in [0.1, 0.15) is 37.9 Å². The summed E-state index contributed by atoms with van der Waals surface area (Å²) in [5.41, 5.74) is 1.91. The molecule has 1 aliphatic rings. The van der Waals surface area contributed by atoms with Gasteiger partial charge in [-0.1, -0.05) is 32.9 Å². The summed E-state index contributed by atoms with van der Waals surface area (Å²) in [6.45, 7) is 12.6. The standard InChI is InChI=1S/C16H25FN2/c1-12-5-6-13(11-14(12)17)15(16(2,3)4)19-9-7-18-8-10-19/h5-6,11,15,18H,7-10H2,1-4H3/t15-/m0/s1. The molecule has 1 aromatic rings. The highest BCUT2D eigenvalue weighted by Gasteiger charge is 2.32. The lowest BCUT2D eigenvalue weighted by Crippen LogP contribution is -2.48. The Morgan fingerprint density at radius 2 is 1.84 bits per heavy atom. The predicted octanol–water partition coefficient (Wildman–Crippen LogP) is 3.13. The van der Waals surface area contributed by atoms with E-state index >= 15 is 0 Å². The predicted molar refractivity (Wildman–Crippen MR) is 77.8 cm³/mol. The van der Waals surface area contributed by atoms with Gasteiger partial charge in [-0.25, -0.2) is 4.39 Å². The number of halogens is 1. The lowest BCUT2D eigenvalue weighted by atomic mass is 9.80. The zero-order valence-corrected chi connectivity index (χ0v) is 12.5. The second-order valence-electron chi connectivity index (χ2n) is 6.56. The molecule has 3 heteroatoms. The van der Waals surface area contributed by atoms with E-state index in [0.717, 1.165) is 37.3 Å². The van der Waals surface area contributed by atoms with Crippen LogP contribution in [0.25, 0.3) is 0 Å². The lowest BCUT2D eigenvalue weighted by molar-refractivity contribution is 0.0860. The smallest absolute Gasteiger partial charge is 0.126 e. The lowest BCUT2D eigenvalue weighted by Gasteiger charge is -2.42. The van der Waals surface area contributed by atoms with Crippen molar-refractivity contribution in [3.05, 3.63) is 35.1 Å². The summed E-state index contributed by atoms with van der Waals surface area (Å²) in [7, 11) is 0. The van der Waals surface area contributed by atoms with E-state index in [1.165, 1.54) is 0 Å². The Morgan fingerprint density at radius 3 is 2.37 bits per heavy atom. The molecule has 0 aliphatic carbocycles. The van der Waals surface area contributed by atoms with E-state index in [9.17, 15) is 4.39 Å². The second-order valence-corrected chi connectivity index (χ2v) is 6.56. The second kappa shape index (κ2) is 5.59. The minimum atomic E-state index is -0.0955. The highest BCUT2D eigenvalue weighted by atomic mass is 19.1. The number of rotatable bonds is 2. The third-order valence-corrected chi connectivity index (χ3v) is 3.85. The maximum Gasteiger partial charge on any atom is 0.126 e. The number of benzene rings is 1. The summed E-state index contributed by atoms with van der Waals surface area (Å²) in [5, 5.41) is 3.38. The van der Waals surface area contributed by atoms with Crippen molar-refractivity contribution >= 4 is 0 Å². The fourth-order valence-electron chi connectivity index (χ4n) is 2.98. The molecule has 0 radical (unpaired) electrons. The number of piperazine rings is 1.